The topological polar surface area (TPSA) is 92.5 Å². The minimum atomic E-state index is -0.474. The number of carbonyl (C=O) groups is 1. The highest BCUT2D eigenvalue weighted by atomic mass is 16.6. The van der Waals surface area contributed by atoms with Gasteiger partial charge in [-0.25, -0.2) is 0 Å². The highest BCUT2D eigenvalue weighted by Gasteiger charge is 2.07. The number of benzene rings is 2. The van der Waals surface area contributed by atoms with E-state index in [0.717, 1.165) is 5.56 Å². The number of hydrogen-bond acceptors (Lipinski definition) is 4. The lowest BCUT2D eigenvalue weighted by atomic mass is 10.1. The van der Waals surface area contributed by atoms with Crippen LogP contribution in [0.1, 0.15) is 11.1 Å². The van der Waals surface area contributed by atoms with Crippen molar-refractivity contribution >= 4 is 17.3 Å². The van der Waals surface area contributed by atoms with Gasteiger partial charge < -0.3 is 10.4 Å². The molecule has 6 heteroatoms. The monoisotopic (exact) mass is 300 g/mol. The highest BCUT2D eigenvalue weighted by Crippen LogP contribution is 2.14. The first-order chi connectivity index (χ1) is 10.6. The third kappa shape index (κ3) is 4.39. The molecule has 0 radical (unpaired) electrons. The van der Waals surface area contributed by atoms with E-state index in [1.807, 2.05) is 12.1 Å². The lowest BCUT2D eigenvalue weighted by Crippen LogP contribution is -2.14. The minimum Gasteiger partial charge on any atom is -0.396 e. The van der Waals surface area contributed by atoms with Crippen LogP contribution in [0.15, 0.2) is 48.5 Å². The summed E-state index contributed by atoms with van der Waals surface area (Å²) in [6, 6.07) is 13.1. The number of aliphatic hydroxyl groups is 1. The molecule has 0 heterocycles. The maximum atomic E-state index is 11.9. The van der Waals surface area contributed by atoms with Gasteiger partial charge in [-0.3, -0.25) is 14.9 Å². The molecule has 0 aliphatic carbocycles. The Morgan fingerprint density at radius 2 is 1.64 bits per heavy atom. The number of nitro groups is 1. The Bertz CT molecular complexity index is 651. The van der Waals surface area contributed by atoms with Crippen LogP contribution in [0.4, 0.5) is 11.4 Å². The lowest BCUT2D eigenvalue weighted by Gasteiger charge is -2.06. The molecule has 0 saturated heterocycles. The number of anilines is 1. The van der Waals surface area contributed by atoms with Crippen molar-refractivity contribution in [3.8, 4) is 0 Å². The van der Waals surface area contributed by atoms with Crippen molar-refractivity contribution in [2.45, 2.75) is 12.8 Å². The SMILES string of the molecule is O=C(Cc1ccc([N+](=O)[O-])cc1)Nc1ccc(CCO)cc1. The van der Waals surface area contributed by atoms with Crippen LogP contribution in [-0.4, -0.2) is 22.5 Å². The van der Waals surface area contributed by atoms with E-state index in [1.165, 1.54) is 12.1 Å². The molecular weight excluding hydrogens is 284 g/mol. The molecule has 2 rings (SSSR count). The van der Waals surface area contributed by atoms with Gasteiger partial charge in [0.2, 0.25) is 5.91 Å². The molecule has 2 N–H and O–H groups in total. The van der Waals surface area contributed by atoms with E-state index in [-0.39, 0.29) is 24.6 Å². The number of rotatable bonds is 6. The van der Waals surface area contributed by atoms with E-state index in [4.69, 9.17) is 5.11 Å². The summed E-state index contributed by atoms with van der Waals surface area (Å²) in [6.45, 7) is 0.0891. The van der Waals surface area contributed by atoms with E-state index in [0.29, 0.717) is 17.7 Å². The number of nitrogens with zero attached hydrogens (tertiary/aromatic N) is 1. The Kier molecular flexibility index (Phi) is 5.21. The summed E-state index contributed by atoms with van der Waals surface area (Å²) < 4.78 is 0. The molecule has 0 aliphatic rings. The molecule has 114 valence electrons. The Morgan fingerprint density at radius 1 is 1.05 bits per heavy atom. The summed E-state index contributed by atoms with van der Waals surface area (Å²) in [4.78, 5) is 22.0. The van der Waals surface area contributed by atoms with Gasteiger partial charge in [0.05, 0.1) is 11.3 Å². The first-order valence-electron chi connectivity index (χ1n) is 6.81. The van der Waals surface area contributed by atoms with Crippen molar-refractivity contribution in [1.82, 2.24) is 0 Å². The Hall–Kier alpha value is -2.73. The molecule has 0 fully saturated rings. The van der Waals surface area contributed by atoms with E-state index >= 15 is 0 Å². The molecule has 0 unspecified atom stereocenters. The van der Waals surface area contributed by atoms with E-state index in [1.54, 1.807) is 24.3 Å². The maximum Gasteiger partial charge on any atom is 0.269 e. The molecular formula is C16H16N2O4. The molecule has 2 aromatic rings. The molecule has 0 saturated carbocycles. The molecule has 0 spiro atoms. The van der Waals surface area contributed by atoms with Crippen molar-refractivity contribution in [2.24, 2.45) is 0 Å². The maximum absolute atomic E-state index is 11.9. The summed E-state index contributed by atoms with van der Waals surface area (Å²) >= 11 is 0. The fraction of sp³-hybridized carbons (Fsp3) is 0.188. The first kappa shape index (κ1) is 15.7. The zero-order valence-corrected chi connectivity index (χ0v) is 11.9. The van der Waals surface area contributed by atoms with Gasteiger partial charge in [-0.1, -0.05) is 24.3 Å². The van der Waals surface area contributed by atoms with Crippen LogP contribution in [0, 0.1) is 10.1 Å². The van der Waals surface area contributed by atoms with Crippen LogP contribution < -0.4 is 5.32 Å². The van der Waals surface area contributed by atoms with Crippen LogP contribution in [-0.2, 0) is 17.6 Å². The first-order valence-corrected chi connectivity index (χ1v) is 6.81. The average molecular weight is 300 g/mol. The summed E-state index contributed by atoms with van der Waals surface area (Å²) in [5.41, 5.74) is 2.38. The summed E-state index contributed by atoms with van der Waals surface area (Å²) in [5, 5.41) is 22.2. The second-order valence-corrected chi connectivity index (χ2v) is 4.82. The number of nitrogens with one attached hydrogen (secondary N) is 1. The third-order valence-corrected chi connectivity index (χ3v) is 3.15. The van der Waals surface area contributed by atoms with Gasteiger partial charge in [0, 0.05) is 24.4 Å². The zero-order valence-electron chi connectivity index (χ0n) is 11.9. The molecule has 0 aliphatic heterocycles. The minimum absolute atomic E-state index is 0.00336. The second kappa shape index (κ2) is 7.33. The average Bonchev–Trinajstić information content (AvgIpc) is 2.50. The van der Waals surface area contributed by atoms with E-state index < -0.39 is 4.92 Å². The van der Waals surface area contributed by atoms with Gasteiger partial charge >= 0.3 is 0 Å². The summed E-state index contributed by atoms with van der Waals surface area (Å²) in [5.74, 6) is -0.191. The van der Waals surface area contributed by atoms with Crippen LogP contribution in [0.3, 0.4) is 0 Å². The van der Waals surface area contributed by atoms with Crippen LogP contribution in [0.5, 0.6) is 0 Å². The van der Waals surface area contributed by atoms with Crippen LogP contribution in [0.25, 0.3) is 0 Å². The summed E-state index contributed by atoms with van der Waals surface area (Å²) in [6.07, 6.45) is 0.730. The van der Waals surface area contributed by atoms with Gasteiger partial charge in [-0.15, -0.1) is 0 Å². The number of aliphatic hydroxyl groups excluding tert-OH is 1. The zero-order chi connectivity index (χ0) is 15.9. The van der Waals surface area contributed by atoms with Crippen LogP contribution >= 0.6 is 0 Å². The molecule has 6 nitrogen and oxygen atoms in total. The van der Waals surface area contributed by atoms with Crippen molar-refractivity contribution in [3.63, 3.8) is 0 Å². The summed E-state index contributed by atoms with van der Waals surface area (Å²) in [7, 11) is 0. The number of nitro benzene ring substituents is 1. The van der Waals surface area contributed by atoms with Crippen molar-refractivity contribution in [3.05, 3.63) is 69.8 Å². The van der Waals surface area contributed by atoms with Crippen molar-refractivity contribution in [1.29, 1.82) is 0 Å². The molecule has 22 heavy (non-hydrogen) atoms. The smallest absolute Gasteiger partial charge is 0.269 e. The normalized spacial score (nSPS) is 10.2. The highest BCUT2D eigenvalue weighted by molar-refractivity contribution is 5.92. The quantitative estimate of drug-likeness (QED) is 0.632. The van der Waals surface area contributed by atoms with Gasteiger partial charge in [-0.05, 0) is 29.7 Å². The lowest BCUT2D eigenvalue weighted by molar-refractivity contribution is -0.384. The fourth-order valence-corrected chi connectivity index (χ4v) is 2.01. The fourth-order valence-electron chi connectivity index (χ4n) is 2.01. The third-order valence-electron chi connectivity index (χ3n) is 3.15. The number of carbonyl (C=O) groups excluding carboxylic acids is 1. The largest absolute Gasteiger partial charge is 0.396 e. The van der Waals surface area contributed by atoms with E-state index in [9.17, 15) is 14.9 Å². The van der Waals surface area contributed by atoms with Crippen molar-refractivity contribution < 1.29 is 14.8 Å². The Balaban J connectivity index is 1.93. The molecule has 2 aromatic carbocycles. The molecule has 0 atom stereocenters. The Labute approximate surface area is 127 Å². The van der Waals surface area contributed by atoms with Gasteiger partial charge in [0.1, 0.15) is 0 Å². The van der Waals surface area contributed by atoms with Gasteiger partial charge in [0.25, 0.3) is 5.69 Å². The number of non-ortho nitro benzene ring substituents is 1. The van der Waals surface area contributed by atoms with Gasteiger partial charge in [0.15, 0.2) is 0 Å². The van der Waals surface area contributed by atoms with E-state index in [2.05, 4.69) is 5.32 Å². The molecule has 0 aromatic heterocycles. The predicted molar refractivity (Wildman–Crippen MR) is 82.7 cm³/mol. The second-order valence-electron chi connectivity index (χ2n) is 4.82. The Morgan fingerprint density at radius 3 is 2.18 bits per heavy atom. The number of amides is 1. The number of hydrogen-bond donors (Lipinski definition) is 2. The predicted octanol–water partition coefficient (Wildman–Crippen LogP) is 2.31. The van der Waals surface area contributed by atoms with Gasteiger partial charge in [-0.2, -0.15) is 0 Å². The van der Waals surface area contributed by atoms with Crippen molar-refractivity contribution in [2.75, 3.05) is 11.9 Å². The molecule has 1 amide bonds. The standard InChI is InChI=1S/C16H16N2O4/c19-10-9-12-1-5-14(6-2-12)17-16(20)11-13-3-7-15(8-4-13)18(21)22/h1-8,19H,9-11H2,(H,17,20). The molecule has 0 bridgehead atoms. The van der Waals surface area contributed by atoms with Crippen LogP contribution in [0.2, 0.25) is 0 Å².